The molecular formula is C16H19F2NO4. The van der Waals surface area contributed by atoms with Gasteiger partial charge in [0.05, 0.1) is 6.61 Å². The Morgan fingerprint density at radius 2 is 1.91 bits per heavy atom. The van der Waals surface area contributed by atoms with Crippen molar-refractivity contribution in [2.75, 3.05) is 6.61 Å². The fourth-order valence-corrected chi connectivity index (χ4v) is 2.14. The lowest BCUT2D eigenvalue weighted by Gasteiger charge is -2.11. The molecule has 0 heterocycles. The van der Waals surface area contributed by atoms with Crippen LogP contribution in [0.25, 0.3) is 0 Å². The van der Waals surface area contributed by atoms with Crippen LogP contribution in [0.3, 0.4) is 0 Å². The number of alkyl halides is 2. The molecule has 1 aliphatic carbocycles. The van der Waals surface area contributed by atoms with E-state index in [9.17, 15) is 18.4 Å². The Balaban J connectivity index is 1.75. The number of amides is 1. The van der Waals surface area contributed by atoms with Gasteiger partial charge in [-0.2, -0.15) is 0 Å². The second-order valence-corrected chi connectivity index (χ2v) is 5.89. The van der Waals surface area contributed by atoms with Gasteiger partial charge in [-0.05, 0) is 31.0 Å². The Morgan fingerprint density at radius 3 is 2.43 bits per heavy atom. The predicted octanol–water partition coefficient (Wildman–Crippen LogP) is 2.59. The van der Waals surface area contributed by atoms with Crippen molar-refractivity contribution in [1.82, 2.24) is 5.32 Å². The molecule has 5 nitrogen and oxygen atoms in total. The smallest absolute Gasteiger partial charge is 0.303 e. The number of rotatable bonds is 8. The fraction of sp³-hybridized carbons (Fsp3) is 0.500. The van der Waals surface area contributed by atoms with Crippen LogP contribution in [-0.4, -0.2) is 29.5 Å². The maximum atomic E-state index is 13.1. The van der Waals surface area contributed by atoms with Crippen molar-refractivity contribution >= 4 is 11.9 Å². The van der Waals surface area contributed by atoms with Gasteiger partial charge in [-0.1, -0.05) is 12.1 Å². The Morgan fingerprint density at radius 1 is 1.30 bits per heavy atom. The molecule has 1 amide bonds. The normalized spacial score (nSPS) is 21.5. The highest BCUT2D eigenvalue weighted by atomic mass is 19.3. The van der Waals surface area contributed by atoms with E-state index in [2.05, 4.69) is 5.32 Å². The third-order valence-corrected chi connectivity index (χ3v) is 3.94. The molecule has 0 aliphatic heterocycles. The average Bonchev–Trinajstić information content (AvgIpc) is 3.02. The number of nitrogens with one attached hydrogen (secondary N) is 1. The topological polar surface area (TPSA) is 75.6 Å². The summed E-state index contributed by atoms with van der Waals surface area (Å²) in [6.07, 6.45) is 0.0579. The number of carboxylic acids is 1. The third-order valence-electron chi connectivity index (χ3n) is 3.94. The first kappa shape index (κ1) is 17.2. The maximum absolute atomic E-state index is 13.1. The molecule has 1 atom stereocenters. The summed E-state index contributed by atoms with van der Waals surface area (Å²) in [5, 5.41) is 11.0. The number of hydrogen-bond acceptors (Lipinski definition) is 3. The highest BCUT2D eigenvalue weighted by Gasteiger charge is 2.72. The summed E-state index contributed by atoms with van der Waals surface area (Å²) >= 11 is 0. The Kier molecular flexibility index (Phi) is 4.87. The zero-order chi connectivity index (χ0) is 17.1. The van der Waals surface area contributed by atoms with E-state index in [4.69, 9.17) is 9.84 Å². The van der Waals surface area contributed by atoms with Crippen molar-refractivity contribution in [3.05, 3.63) is 29.8 Å². The van der Waals surface area contributed by atoms with Crippen molar-refractivity contribution in [1.29, 1.82) is 0 Å². The molecular weight excluding hydrogens is 308 g/mol. The minimum Gasteiger partial charge on any atom is -0.494 e. The summed E-state index contributed by atoms with van der Waals surface area (Å²) < 4.78 is 31.6. The van der Waals surface area contributed by atoms with E-state index in [1.807, 2.05) is 0 Å². The first-order valence-corrected chi connectivity index (χ1v) is 7.34. The van der Waals surface area contributed by atoms with Crippen LogP contribution in [0.15, 0.2) is 24.3 Å². The molecule has 7 heteroatoms. The minimum atomic E-state index is -2.91. The zero-order valence-corrected chi connectivity index (χ0v) is 12.8. The molecule has 1 unspecified atom stereocenters. The van der Waals surface area contributed by atoms with Crippen LogP contribution in [0.5, 0.6) is 5.75 Å². The summed E-state index contributed by atoms with van der Waals surface area (Å²) in [5.74, 6) is -3.83. The van der Waals surface area contributed by atoms with Crippen LogP contribution >= 0.6 is 0 Å². The minimum absolute atomic E-state index is 0.0491. The highest BCUT2D eigenvalue weighted by molar-refractivity contribution is 5.86. The van der Waals surface area contributed by atoms with Crippen molar-refractivity contribution in [3.63, 3.8) is 0 Å². The quantitative estimate of drug-likeness (QED) is 0.720. The molecule has 1 fully saturated rings. The lowest BCUT2D eigenvalue weighted by molar-refractivity contribution is -0.137. The first-order chi connectivity index (χ1) is 10.7. The number of ether oxygens (including phenoxy) is 1. The highest BCUT2D eigenvalue weighted by Crippen LogP contribution is 2.60. The van der Waals surface area contributed by atoms with Crippen LogP contribution in [0, 0.1) is 5.41 Å². The number of benzene rings is 1. The van der Waals surface area contributed by atoms with Gasteiger partial charge in [0.1, 0.15) is 11.2 Å². The van der Waals surface area contributed by atoms with E-state index >= 15 is 0 Å². The monoisotopic (exact) mass is 327 g/mol. The largest absolute Gasteiger partial charge is 0.494 e. The van der Waals surface area contributed by atoms with Crippen LogP contribution in [-0.2, 0) is 16.1 Å². The SMILES string of the molecule is CC1(C(=O)NCc2ccc(OCCCC(=O)O)cc2)CC1(F)F. The van der Waals surface area contributed by atoms with E-state index in [0.717, 1.165) is 5.56 Å². The second kappa shape index (κ2) is 6.52. The van der Waals surface area contributed by atoms with Crippen LogP contribution in [0.4, 0.5) is 8.78 Å². The van der Waals surface area contributed by atoms with Crippen LogP contribution in [0.1, 0.15) is 31.7 Å². The molecule has 2 rings (SSSR count). The Hall–Kier alpha value is -2.18. The molecule has 0 bridgehead atoms. The molecule has 1 aliphatic rings. The van der Waals surface area contributed by atoms with Gasteiger partial charge in [-0.25, -0.2) is 8.78 Å². The number of aliphatic carboxylic acids is 1. The van der Waals surface area contributed by atoms with Gasteiger partial charge in [0.15, 0.2) is 0 Å². The summed E-state index contributed by atoms with van der Waals surface area (Å²) in [5.41, 5.74) is -0.816. The van der Waals surface area contributed by atoms with Gasteiger partial charge >= 0.3 is 5.97 Å². The summed E-state index contributed by atoms with van der Waals surface area (Å²) in [6, 6.07) is 6.83. The molecule has 1 saturated carbocycles. The van der Waals surface area contributed by atoms with Gasteiger partial charge in [0, 0.05) is 19.4 Å². The number of carbonyl (C=O) groups excluding carboxylic acids is 1. The Bertz CT molecular complexity index is 588. The van der Waals surface area contributed by atoms with Gasteiger partial charge in [-0.3, -0.25) is 9.59 Å². The van der Waals surface area contributed by atoms with Gasteiger partial charge in [0.2, 0.25) is 5.91 Å². The molecule has 2 N–H and O–H groups in total. The van der Waals surface area contributed by atoms with Crippen molar-refractivity contribution < 1.29 is 28.2 Å². The van der Waals surface area contributed by atoms with Crippen molar-refractivity contribution in [3.8, 4) is 5.75 Å². The van der Waals surface area contributed by atoms with Crippen LogP contribution in [0.2, 0.25) is 0 Å². The number of hydrogen-bond donors (Lipinski definition) is 2. The molecule has 1 aromatic rings. The van der Waals surface area contributed by atoms with Crippen molar-refractivity contribution in [2.45, 2.75) is 38.7 Å². The molecule has 126 valence electrons. The average molecular weight is 327 g/mol. The molecule has 0 spiro atoms. The van der Waals surface area contributed by atoms with Gasteiger partial charge < -0.3 is 15.2 Å². The lowest BCUT2D eigenvalue weighted by atomic mass is 10.1. The van der Waals surface area contributed by atoms with E-state index in [-0.39, 0.29) is 13.0 Å². The molecule has 0 aromatic heterocycles. The first-order valence-electron chi connectivity index (χ1n) is 7.34. The number of carboxylic acid groups (broad SMARTS) is 1. The summed E-state index contributed by atoms with van der Waals surface area (Å²) in [6.45, 7) is 1.73. The van der Waals surface area contributed by atoms with Crippen LogP contribution < -0.4 is 10.1 Å². The summed E-state index contributed by atoms with van der Waals surface area (Å²) in [7, 11) is 0. The summed E-state index contributed by atoms with van der Waals surface area (Å²) in [4.78, 5) is 22.1. The van der Waals surface area contributed by atoms with Gasteiger partial charge in [0.25, 0.3) is 5.92 Å². The number of carbonyl (C=O) groups is 2. The van der Waals surface area contributed by atoms with Crippen molar-refractivity contribution in [2.24, 2.45) is 5.41 Å². The molecule has 23 heavy (non-hydrogen) atoms. The van der Waals surface area contributed by atoms with E-state index in [1.165, 1.54) is 6.92 Å². The third kappa shape index (κ3) is 4.18. The lowest BCUT2D eigenvalue weighted by Crippen LogP contribution is -2.33. The second-order valence-electron chi connectivity index (χ2n) is 5.89. The van der Waals surface area contributed by atoms with Gasteiger partial charge in [-0.15, -0.1) is 0 Å². The predicted molar refractivity (Wildman–Crippen MR) is 78.3 cm³/mol. The fourth-order valence-electron chi connectivity index (χ4n) is 2.14. The Labute approximate surface area is 132 Å². The number of halogens is 2. The maximum Gasteiger partial charge on any atom is 0.303 e. The molecule has 0 radical (unpaired) electrons. The van der Waals surface area contributed by atoms with E-state index < -0.39 is 29.6 Å². The molecule has 1 aromatic carbocycles. The van der Waals surface area contributed by atoms with E-state index in [1.54, 1.807) is 24.3 Å². The standard InChI is InChI=1S/C16H19F2NO4/c1-15(10-16(15,17)18)14(22)19-9-11-4-6-12(7-5-11)23-8-2-3-13(20)21/h4-7H,2-3,8-10H2,1H3,(H,19,22)(H,20,21). The molecule has 0 saturated heterocycles. The van der Waals surface area contributed by atoms with E-state index in [0.29, 0.717) is 18.8 Å². The zero-order valence-electron chi connectivity index (χ0n) is 12.8.